The maximum atomic E-state index is 11.2. The van der Waals surface area contributed by atoms with Crippen LogP contribution in [0.15, 0.2) is 58.4 Å². The molecule has 5 heteroatoms. The smallest absolute Gasteiger partial charge is 0.335 e. The summed E-state index contributed by atoms with van der Waals surface area (Å²) in [6.07, 6.45) is 3.94. The second-order valence-corrected chi connectivity index (χ2v) is 7.25. The molecule has 0 fully saturated rings. The fraction of sp³-hybridized carbons (Fsp3) is 0.182. The average Bonchev–Trinajstić information content (AvgIpc) is 2.93. The number of nitrogens with zero attached hydrogens (tertiary/aromatic N) is 2. The van der Waals surface area contributed by atoms with Crippen LogP contribution in [0.25, 0.3) is 5.69 Å². The molecule has 4 nitrogen and oxygen atoms in total. The lowest BCUT2D eigenvalue weighted by Crippen LogP contribution is -2.04. The van der Waals surface area contributed by atoms with Gasteiger partial charge < -0.3 is 9.67 Å². The van der Waals surface area contributed by atoms with Crippen LogP contribution >= 0.6 is 11.8 Å². The number of aryl methyl sites for hydroxylation is 2. The quantitative estimate of drug-likeness (QED) is 0.466. The second-order valence-electron chi connectivity index (χ2n) is 6.40. The van der Waals surface area contributed by atoms with E-state index in [9.17, 15) is 9.90 Å². The van der Waals surface area contributed by atoms with Gasteiger partial charge in [-0.15, -0.1) is 11.8 Å². The first kappa shape index (κ1) is 19.0. The summed E-state index contributed by atoms with van der Waals surface area (Å²) in [5.41, 5.74) is 6.37. The first-order chi connectivity index (χ1) is 12.9. The highest BCUT2D eigenvalue weighted by Crippen LogP contribution is 2.28. The highest BCUT2D eigenvalue weighted by molar-refractivity contribution is 7.98. The topological polar surface area (TPSA) is 54.6 Å². The predicted octanol–water partition coefficient (Wildman–Crippen LogP) is 5.57. The highest BCUT2D eigenvalue weighted by Gasteiger charge is 2.13. The van der Waals surface area contributed by atoms with Crippen LogP contribution in [0.4, 0.5) is 5.69 Å². The van der Waals surface area contributed by atoms with Gasteiger partial charge in [-0.2, -0.15) is 0 Å². The first-order valence-corrected chi connectivity index (χ1v) is 9.85. The number of benzene rings is 2. The summed E-state index contributed by atoms with van der Waals surface area (Å²) in [5.74, 6) is -0.911. The van der Waals surface area contributed by atoms with Crippen LogP contribution in [0.1, 0.15) is 32.9 Å². The van der Waals surface area contributed by atoms with E-state index in [-0.39, 0.29) is 0 Å². The maximum absolute atomic E-state index is 11.2. The molecule has 27 heavy (non-hydrogen) atoms. The molecule has 0 aliphatic heterocycles. The third-order valence-electron chi connectivity index (χ3n) is 4.58. The summed E-state index contributed by atoms with van der Waals surface area (Å²) >= 11 is 1.68. The van der Waals surface area contributed by atoms with Gasteiger partial charge in [-0.3, -0.25) is 4.99 Å². The molecule has 0 aliphatic carbocycles. The largest absolute Gasteiger partial charge is 0.478 e. The van der Waals surface area contributed by atoms with Crippen molar-refractivity contribution in [2.24, 2.45) is 4.99 Å². The van der Waals surface area contributed by atoms with E-state index in [1.165, 1.54) is 0 Å². The maximum Gasteiger partial charge on any atom is 0.335 e. The van der Waals surface area contributed by atoms with Crippen molar-refractivity contribution in [3.63, 3.8) is 0 Å². The van der Waals surface area contributed by atoms with Crippen molar-refractivity contribution in [3.8, 4) is 5.69 Å². The van der Waals surface area contributed by atoms with Crippen LogP contribution < -0.4 is 0 Å². The van der Waals surface area contributed by atoms with Crippen molar-refractivity contribution < 1.29 is 9.90 Å². The molecule has 0 atom stereocenters. The van der Waals surface area contributed by atoms with Crippen LogP contribution in [0, 0.1) is 20.8 Å². The fourth-order valence-corrected chi connectivity index (χ4v) is 3.75. The number of aliphatic imine (C=N–C) groups is 1. The minimum absolute atomic E-state index is 0.300. The van der Waals surface area contributed by atoms with E-state index in [0.29, 0.717) is 5.56 Å². The molecular weight excluding hydrogens is 356 g/mol. The lowest BCUT2D eigenvalue weighted by atomic mass is 10.1. The lowest BCUT2D eigenvalue weighted by molar-refractivity contribution is 0.0697. The Labute approximate surface area is 163 Å². The predicted molar refractivity (Wildman–Crippen MR) is 112 cm³/mol. The molecule has 0 amide bonds. The number of carboxylic acids is 1. The zero-order valence-electron chi connectivity index (χ0n) is 15.9. The van der Waals surface area contributed by atoms with Gasteiger partial charge in [0.05, 0.1) is 11.3 Å². The summed E-state index contributed by atoms with van der Waals surface area (Å²) in [6, 6.07) is 15.4. The number of para-hydroxylation sites is 1. The summed E-state index contributed by atoms with van der Waals surface area (Å²) < 4.78 is 2.14. The number of aromatic nitrogens is 1. The first-order valence-electron chi connectivity index (χ1n) is 8.62. The Bertz CT molecular complexity index is 1030. The summed E-state index contributed by atoms with van der Waals surface area (Å²) in [4.78, 5) is 17.0. The van der Waals surface area contributed by atoms with Gasteiger partial charge in [0.1, 0.15) is 0 Å². The highest BCUT2D eigenvalue weighted by atomic mass is 32.2. The Morgan fingerprint density at radius 3 is 2.52 bits per heavy atom. The molecule has 0 bridgehead atoms. The van der Waals surface area contributed by atoms with Crippen molar-refractivity contribution in [2.75, 3.05) is 6.26 Å². The normalized spacial score (nSPS) is 11.3. The van der Waals surface area contributed by atoms with Gasteiger partial charge in [-0.1, -0.05) is 12.1 Å². The van der Waals surface area contributed by atoms with Gasteiger partial charge in [-0.25, -0.2) is 4.79 Å². The molecule has 2 aromatic carbocycles. The third kappa shape index (κ3) is 3.83. The molecule has 0 saturated carbocycles. The van der Waals surface area contributed by atoms with Gasteiger partial charge in [0.15, 0.2) is 0 Å². The van der Waals surface area contributed by atoms with Gasteiger partial charge in [0, 0.05) is 33.7 Å². The lowest BCUT2D eigenvalue weighted by Gasteiger charge is -2.13. The number of aromatic carboxylic acids is 1. The molecule has 3 aromatic rings. The standard InChI is InChI=1S/C22H22N2O2S/c1-14-11-17(22(25)26)9-10-20(14)24-15(2)12-18(16(24)3)13-23-19-7-5-6-8-21(19)27-4/h5-13H,1-4H3,(H,25,26). The zero-order valence-corrected chi connectivity index (χ0v) is 16.7. The van der Waals surface area contributed by atoms with Crippen molar-refractivity contribution in [2.45, 2.75) is 25.7 Å². The molecule has 3 rings (SSSR count). The molecule has 1 N–H and O–H groups in total. The van der Waals surface area contributed by atoms with Crippen LogP contribution in [-0.2, 0) is 0 Å². The molecule has 0 aliphatic rings. The van der Waals surface area contributed by atoms with E-state index in [1.54, 1.807) is 23.9 Å². The summed E-state index contributed by atoms with van der Waals surface area (Å²) in [6.45, 7) is 6.03. The van der Waals surface area contributed by atoms with E-state index in [0.717, 1.165) is 38.8 Å². The van der Waals surface area contributed by atoms with Crippen molar-refractivity contribution in [3.05, 3.63) is 76.6 Å². The molecule has 0 radical (unpaired) electrons. The van der Waals surface area contributed by atoms with Crippen LogP contribution in [-0.4, -0.2) is 28.1 Å². The van der Waals surface area contributed by atoms with Crippen LogP contribution in [0.2, 0.25) is 0 Å². The molecule has 0 unspecified atom stereocenters. The van der Waals surface area contributed by atoms with E-state index >= 15 is 0 Å². The number of thioether (sulfide) groups is 1. The van der Waals surface area contributed by atoms with Crippen molar-refractivity contribution in [1.29, 1.82) is 0 Å². The average molecular weight is 378 g/mol. The molecule has 1 aromatic heterocycles. The molecule has 0 spiro atoms. The van der Waals surface area contributed by atoms with Crippen LogP contribution in [0.3, 0.4) is 0 Å². The Balaban J connectivity index is 2.01. The summed E-state index contributed by atoms with van der Waals surface area (Å²) in [5, 5.41) is 9.18. The Hall–Kier alpha value is -2.79. The van der Waals surface area contributed by atoms with Gasteiger partial charge in [0.2, 0.25) is 0 Å². The number of hydrogen-bond donors (Lipinski definition) is 1. The number of rotatable bonds is 5. The monoisotopic (exact) mass is 378 g/mol. The van der Waals surface area contributed by atoms with E-state index in [2.05, 4.69) is 28.6 Å². The third-order valence-corrected chi connectivity index (χ3v) is 5.37. The number of carboxylic acid groups (broad SMARTS) is 1. The van der Waals surface area contributed by atoms with Gasteiger partial charge in [0.25, 0.3) is 0 Å². The molecule has 138 valence electrons. The minimum Gasteiger partial charge on any atom is -0.478 e. The van der Waals surface area contributed by atoms with Crippen molar-refractivity contribution >= 4 is 29.6 Å². The van der Waals surface area contributed by atoms with Crippen molar-refractivity contribution in [1.82, 2.24) is 4.57 Å². The van der Waals surface area contributed by atoms with E-state index in [1.807, 2.05) is 50.6 Å². The zero-order chi connectivity index (χ0) is 19.6. The Morgan fingerprint density at radius 2 is 1.85 bits per heavy atom. The molecular formula is C22H22N2O2S. The second kappa shape index (κ2) is 7.84. The van der Waals surface area contributed by atoms with E-state index in [4.69, 9.17) is 0 Å². The number of hydrogen-bond acceptors (Lipinski definition) is 3. The van der Waals surface area contributed by atoms with Crippen LogP contribution in [0.5, 0.6) is 0 Å². The summed E-state index contributed by atoms with van der Waals surface area (Å²) in [7, 11) is 0. The molecule has 0 saturated heterocycles. The van der Waals surface area contributed by atoms with Gasteiger partial charge >= 0.3 is 5.97 Å². The van der Waals surface area contributed by atoms with Gasteiger partial charge in [-0.05, 0) is 69.0 Å². The molecule has 1 heterocycles. The number of carbonyl (C=O) groups is 1. The fourth-order valence-electron chi connectivity index (χ4n) is 3.20. The van der Waals surface area contributed by atoms with E-state index < -0.39 is 5.97 Å². The minimum atomic E-state index is -0.911. The Morgan fingerprint density at radius 1 is 1.11 bits per heavy atom. The SMILES string of the molecule is CSc1ccccc1N=Cc1cc(C)n(-c2ccc(C(=O)O)cc2C)c1C. The Kier molecular flexibility index (Phi) is 5.51.